The van der Waals surface area contributed by atoms with Gasteiger partial charge in [0.2, 0.25) is 0 Å². The maximum atomic E-state index is 14.0. The van der Waals surface area contributed by atoms with Gasteiger partial charge < -0.3 is 23.7 Å². The summed E-state index contributed by atoms with van der Waals surface area (Å²) in [6, 6.07) is 35.2. The van der Waals surface area contributed by atoms with Crippen molar-refractivity contribution in [2.24, 2.45) is 0 Å². The lowest BCUT2D eigenvalue weighted by atomic mass is 9.80. The zero-order valence-corrected chi connectivity index (χ0v) is 36.3. The van der Waals surface area contributed by atoms with Gasteiger partial charge in [-0.1, -0.05) is 107 Å². The first-order chi connectivity index (χ1) is 27.5. The Hall–Kier alpha value is -5.82. The van der Waals surface area contributed by atoms with Crippen LogP contribution in [0.1, 0.15) is 105 Å². The molecule has 0 saturated carbocycles. The van der Waals surface area contributed by atoms with Crippen LogP contribution in [0.25, 0.3) is 0 Å². The molecule has 0 atom stereocenters. The van der Waals surface area contributed by atoms with Crippen LogP contribution in [0.4, 0.5) is 8.78 Å². The van der Waals surface area contributed by atoms with E-state index >= 15 is 0 Å². The SMILES string of the molecule is CC(C)(C)c1cc(Oc2cccc(Oc3cccc(F)c3)c2)c(C(C)(C)C)c(Oc2cc(C(C)(C)C)cc(Oc3cccc(Oc4cccc(F)c4)c3)c2C(C)(C)C)c1. The molecule has 0 aliphatic carbocycles. The van der Waals surface area contributed by atoms with Gasteiger partial charge >= 0.3 is 0 Å². The predicted octanol–water partition coefficient (Wildman–Crippen LogP) is 16.1. The Morgan fingerprint density at radius 2 is 0.576 bits per heavy atom. The summed E-state index contributed by atoms with van der Waals surface area (Å²) >= 11 is 0. The summed E-state index contributed by atoms with van der Waals surface area (Å²) in [6.45, 7) is 25.9. The van der Waals surface area contributed by atoms with Gasteiger partial charge in [-0.25, -0.2) is 8.78 Å². The highest BCUT2D eigenvalue weighted by Gasteiger charge is 2.32. The minimum absolute atomic E-state index is 0.262. The fourth-order valence-electron chi connectivity index (χ4n) is 6.75. The van der Waals surface area contributed by atoms with Crippen molar-refractivity contribution in [3.05, 3.63) is 155 Å². The Balaban J connectivity index is 1.47. The van der Waals surface area contributed by atoms with Crippen molar-refractivity contribution < 1.29 is 32.5 Å². The lowest BCUT2D eigenvalue weighted by Gasteiger charge is -2.32. The number of rotatable bonds is 10. The molecule has 0 aliphatic rings. The molecule has 0 bridgehead atoms. The monoisotopic (exact) mass is 798 g/mol. The third-order valence-electron chi connectivity index (χ3n) is 9.71. The zero-order chi connectivity index (χ0) is 42.9. The molecule has 0 fully saturated rings. The molecule has 0 amide bonds. The summed E-state index contributed by atoms with van der Waals surface area (Å²) in [4.78, 5) is 0. The average molecular weight is 799 g/mol. The fraction of sp³-hybridized carbons (Fsp3) is 0.308. The van der Waals surface area contributed by atoms with E-state index in [1.165, 1.54) is 24.3 Å². The van der Waals surface area contributed by atoms with E-state index in [1.54, 1.807) is 36.4 Å². The number of ether oxygens (including phenoxy) is 5. The van der Waals surface area contributed by atoms with E-state index < -0.39 is 10.8 Å². The van der Waals surface area contributed by atoms with Gasteiger partial charge in [0.15, 0.2) is 0 Å². The van der Waals surface area contributed by atoms with Crippen molar-refractivity contribution in [3.8, 4) is 57.5 Å². The molecule has 6 aromatic rings. The van der Waals surface area contributed by atoms with E-state index in [0.29, 0.717) is 57.5 Å². The van der Waals surface area contributed by atoms with Crippen molar-refractivity contribution in [2.75, 3.05) is 0 Å². The summed E-state index contributed by atoms with van der Waals surface area (Å²) in [7, 11) is 0. The molecule has 59 heavy (non-hydrogen) atoms. The van der Waals surface area contributed by atoms with Gasteiger partial charge in [0.25, 0.3) is 0 Å². The Morgan fingerprint density at radius 3 is 0.864 bits per heavy atom. The van der Waals surface area contributed by atoms with Crippen LogP contribution < -0.4 is 23.7 Å². The second-order valence-corrected chi connectivity index (χ2v) is 19.1. The average Bonchev–Trinajstić information content (AvgIpc) is 3.10. The highest BCUT2D eigenvalue weighted by molar-refractivity contribution is 5.60. The Kier molecular flexibility index (Phi) is 11.9. The summed E-state index contributed by atoms with van der Waals surface area (Å²) in [5.41, 5.74) is 2.44. The molecule has 0 aromatic heterocycles. The van der Waals surface area contributed by atoms with Crippen LogP contribution in [0.3, 0.4) is 0 Å². The lowest BCUT2D eigenvalue weighted by Crippen LogP contribution is -2.20. The topological polar surface area (TPSA) is 46.2 Å². The maximum Gasteiger partial charge on any atom is 0.135 e. The summed E-state index contributed by atoms with van der Waals surface area (Å²) in [5.74, 6) is 4.82. The van der Waals surface area contributed by atoms with Crippen LogP contribution in [0, 0.1) is 11.6 Å². The highest BCUT2D eigenvalue weighted by atomic mass is 19.1. The van der Waals surface area contributed by atoms with Gasteiger partial charge in [-0.3, -0.25) is 0 Å². The third kappa shape index (κ3) is 10.8. The molecule has 0 aliphatic heterocycles. The van der Waals surface area contributed by atoms with Crippen molar-refractivity contribution in [3.63, 3.8) is 0 Å². The van der Waals surface area contributed by atoms with Gasteiger partial charge in [-0.2, -0.15) is 0 Å². The first kappa shape index (κ1) is 42.8. The molecule has 0 radical (unpaired) electrons. The minimum atomic E-state index is -0.429. The molecule has 0 saturated heterocycles. The number of hydrogen-bond donors (Lipinski definition) is 0. The number of halogens is 2. The van der Waals surface area contributed by atoms with Gasteiger partial charge in [0.05, 0.1) is 0 Å². The maximum absolute atomic E-state index is 14.0. The number of hydrogen-bond acceptors (Lipinski definition) is 5. The van der Waals surface area contributed by atoms with E-state index in [-0.39, 0.29) is 22.5 Å². The van der Waals surface area contributed by atoms with Gasteiger partial charge in [-0.05, 0) is 106 Å². The molecule has 0 heterocycles. The van der Waals surface area contributed by atoms with Crippen LogP contribution >= 0.6 is 0 Å². The summed E-state index contributed by atoms with van der Waals surface area (Å²) in [5, 5.41) is 0. The molecule has 308 valence electrons. The van der Waals surface area contributed by atoms with Gasteiger partial charge in [0, 0.05) is 35.4 Å². The van der Waals surface area contributed by atoms with Crippen molar-refractivity contribution >= 4 is 0 Å². The Labute approximate surface area is 348 Å². The quantitative estimate of drug-likeness (QED) is 0.138. The molecule has 5 nitrogen and oxygen atoms in total. The second-order valence-electron chi connectivity index (χ2n) is 19.1. The van der Waals surface area contributed by atoms with Gasteiger partial charge in [-0.15, -0.1) is 0 Å². The van der Waals surface area contributed by atoms with Crippen LogP contribution in [0.15, 0.2) is 121 Å². The molecular weight excluding hydrogens is 743 g/mol. The highest BCUT2D eigenvalue weighted by Crippen LogP contribution is 2.50. The van der Waals surface area contributed by atoms with Crippen molar-refractivity contribution in [1.29, 1.82) is 0 Å². The number of benzene rings is 6. The van der Waals surface area contributed by atoms with E-state index in [9.17, 15) is 8.78 Å². The standard InChI is InChI=1S/C52H56F2O5/c1-49(2,3)33-25-43(57-41-23-15-21-39(31-41)55-37-19-13-17-35(53)29-37)47(51(7,8)9)45(27-33)59-46-28-34(50(4,5)6)26-44(48(46)52(10,11)12)58-42-24-16-22-40(32-42)56-38-20-14-18-36(54)30-38/h13-32H,1-12H3. The zero-order valence-electron chi connectivity index (χ0n) is 36.3. The largest absolute Gasteiger partial charge is 0.457 e. The summed E-state index contributed by atoms with van der Waals surface area (Å²) < 4.78 is 60.8. The minimum Gasteiger partial charge on any atom is -0.457 e. The van der Waals surface area contributed by atoms with E-state index in [0.717, 1.165) is 22.3 Å². The first-order valence-electron chi connectivity index (χ1n) is 20.0. The normalized spacial score (nSPS) is 12.2. The van der Waals surface area contributed by atoms with Crippen molar-refractivity contribution in [1.82, 2.24) is 0 Å². The van der Waals surface area contributed by atoms with E-state index in [2.05, 4.69) is 107 Å². The third-order valence-corrected chi connectivity index (χ3v) is 9.71. The van der Waals surface area contributed by atoms with E-state index in [4.69, 9.17) is 23.7 Å². The second kappa shape index (κ2) is 16.4. The first-order valence-corrected chi connectivity index (χ1v) is 20.0. The van der Waals surface area contributed by atoms with Crippen LogP contribution in [0.5, 0.6) is 57.5 Å². The Morgan fingerprint density at radius 1 is 0.305 bits per heavy atom. The van der Waals surface area contributed by atoms with Crippen molar-refractivity contribution in [2.45, 2.75) is 105 Å². The fourth-order valence-corrected chi connectivity index (χ4v) is 6.75. The smallest absolute Gasteiger partial charge is 0.135 e. The molecular formula is C52H56F2O5. The molecule has 0 unspecified atom stereocenters. The van der Waals surface area contributed by atoms with Crippen LogP contribution in [0.2, 0.25) is 0 Å². The predicted molar refractivity (Wildman–Crippen MR) is 234 cm³/mol. The van der Waals surface area contributed by atoms with E-state index in [1.807, 2.05) is 36.4 Å². The molecule has 0 spiro atoms. The molecule has 6 rings (SSSR count). The Bertz CT molecular complexity index is 2270. The van der Waals surface area contributed by atoms with Crippen LogP contribution in [-0.4, -0.2) is 0 Å². The molecule has 0 N–H and O–H groups in total. The summed E-state index contributed by atoms with van der Waals surface area (Å²) in [6.07, 6.45) is 0. The van der Waals surface area contributed by atoms with Gasteiger partial charge in [0.1, 0.15) is 69.1 Å². The van der Waals surface area contributed by atoms with Crippen LogP contribution in [-0.2, 0) is 21.7 Å². The molecule has 6 aromatic carbocycles. The lowest BCUT2D eigenvalue weighted by molar-refractivity contribution is 0.396. The molecule has 7 heteroatoms.